The minimum Gasteiger partial charge on any atom is -0.465 e. The Morgan fingerprint density at radius 2 is 1.35 bits per heavy atom. The molecule has 0 spiro atoms. The molecule has 0 bridgehead atoms. The first kappa shape index (κ1) is 40.2. The summed E-state index contributed by atoms with van der Waals surface area (Å²) in [4.78, 5) is 60.5. The van der Waals surface area contributed by atoms with Crippen molar-refractivity contribution in [1.82, 2.24) is 9.88 Å². The molecule has 1 aromatic heterocycles. The van der Waals surface area contributed by atoms with E-state index in [1.54, 1.807) is 98.9 Å². The van der Waals surface area contributed by atoms with Crippen LogP contribution in [0.5, 0.6) is 0 Å². The van der Waals surface area contributed by atoms with E-state index >= 15 is 0 Å². The predicted octanol–water partition coefficient (Wildman–Crippen LogP) is 8.33. The highest BCUT2D eigenvalue weighted by Gasteiger charge is 2.59. The van der Waals surface area contributed by atoms with Crippen molar-refractivity contribution >= 4 is 23.7 Å². The van der Waals surface area contributed by atoms with Crippen LogP contribution in [0.4, 0.5) is 13.2 Å². The number of alkyl halides is 3. The van der Waals surface area contributed by atoms with Gasteiger partial charge in [0.25, 0.3) is 0 Å². The number of ketones is 1. The fraction of sp³-hybridized carbons (Fsp3) is 0.256. The van der Waals surface area contributed by atoms with Gasteiger partial charge >= 0.3 is 24.1 Å². The Morgan fingerprint density at radius 3 is 1.93 bits per heavy atom. The molecule has 0 aliphatic rings. The number of H-pyrrole nitrogens is 1. The molecular weight excluding hydrogens is 713 g/mol. The van der Waals surface area contributed by atoms with Crippen molar-refractivity contribution in [1.29, 1.82) is 0 Å². The Labute approximate surface area is 317 Å². The number of benzene rings is 4. The Hall–Kier alpha value is -6.01. The van der Waals surface area contributed by atoms with Crippen molar-refractivity contribution in [3.63, 3.8) is 0 Å². The number of ether oxygens (including phenoxy) is 3. The highest BCUT2D eigenvalue weighted by atomic mass is 19.4. The van der Waals surface area contributed by atoms with Gasteiger partial charge in [0, 0.05) is 36.4 Å². The number of carbonyl (C=O) groups is 4. The van der Waals surface area contributed by atoms with E-state index in [-0.39, 0.29) is 35.7 Å². The van der Waals surface area contributed by atoms with Crippen LogP contribution in [0.1, 0.15) is 65.1 Å². The first-order valence-electron chi connectivity index (χ1n) is 17.6. The molecule has 5 aromatic rings. The van der Waals surface area contributed by atoms with Crippen LogP contribution in [0, 0.1) is 0 Å². The molecule has 12 heteroatoms. The summed E-state index contributed by atoms with van der Waals surface area (Å²) in [5.41, 5.74) is 0.576. The van der Waals surface area contributed by atoms with Gasteiger partial charge in [0.1, 0.15) is 0 Å². The molecule has 0 amide bonds. The van der Waals surface area contributed by atoms with Gasteiger partial charge in [-0.25, -0.2) is 0 Å². The van der Waals surface area contributed by atoms with E-state index in [4.69, 9.17) is 14.2 Å². The lowest BCUT2D eigenvalue weighted by molar-refractivity contribution is -0.177. The molecule has 0 saturated heterocycles. The third-order valence-corrected chi connectivity index (χ3v) is 8.98. The largest absolute Gasteiger partial charge is 0.465 e. The van der Waals surface area contributed by atoms with Crippen molar-refractivity contribution in [2.24, 2.45) is 0 Å². The van der Waals surface area contributed by atoms with Crippen LogP contribution in [0.15, 0.2) is 109 Å². The van der Waals surface area contributed by atoms with Crippen LogP contribution in [-0.4, -0.2) is 60.9 Å². The van der Waals surface area contributed by atoms with E-state index in [1.165, 1.54) is 19.1 Å². The van der Waals surface area contributed by atoms with Crippen LogP contribution in [0.3, 0.4) is 0 Å². The molecular formula is C43H41F3N2O7. The van der Waals surface area contributed by atoms with Gasteiger partial charge in [-0.1, -0.05) is 84.9 Å². The summed E-state index contributed by atoms with van der Waals surface area (Å²) in [5, 5.41) is 0. The quantitative estimate of drug-likeness (QED) is 0.0521. The summed E-state index contributed by atoms with van der Waals surface area (Å²) in [6.45, 7) is 4.50. The zero-order valence-electron chi connectivity index (χ0n) is 31.0. The first-order chi connectivity index (χ1) is 26.2. The summed E-state index contributed by atoms with van der Waals surface area (Å²) in [6, 6.07) is 26.2. The monoisotopic (exact) mass is 754 g/mol. The molecule has 0 fully saturated rings. The molecule has 0 radical (unpaired) electrons. The number of esters is 3. The molecule has 0 saturated carbocycles. The van der Waals surface area contributed by atoms with E-state index < -0.39 is 41.2 Å². The summed E-state index contributed by atoms with van der Waals surface area (Å²) in [7, 11) is 3.67. The zero-order valence-corrected chi connectivity index (χ0v) is 31.0. The molecule has 55 heavy (non-hydrogen) atoms. The predicted molar refractivity (Wildman–Crippen MR) is 200 cm³/mol. The topological polar surface area (TPSA) is 115 Å². The lowest BCUT2D eigenvalue weighted by Gasteiger charge is -2.36. The van der Waals surface area contributed by atoms with Crippen LogP contribution in [0.25, 0.3) is 22.4 Å². The lowest BCUT2D eigenvalue weighted by Crippen LogP contribution is -2.52. The summed E-state index contributed by atoms with van der Waals surface area (Å²) in [5.74, 6) is -3.07. The first-order valence-corrected chi connectivity index (χ1v) is 17.6. The Bertz CT molecular complexity index is 2140. The van der Waals surface area contributed by atoms with Crippen LogP contribution in [0.2, 0.25) is 0 Å². The fourth-order valence-corrected chi connectivity index (χ4v) is 6.62. The van der Waals surface area contributed by atoms with Crippen LogP contribution in [-0.2, 0) is 46.7 Å². The number of aromatic nitrogens is 1. The van der Waals surface area contributed by atoms with Gasteiger partial charge in [-0.3, -0.25) is 19.2 Å². The number of rotatable bonds is 14. The standard InChI is InChI=1S/C43H41F3N2O7/c1-6-53-40(51)42(41(52)54-7-2,31-16-9-8-10-17-31)39(55-27(3)49)30-15-13-14-29(24-30)37-36(26-48(4)5)35(25-47-37)38(50)34-19-12-11-18-33(34)28-20-22-32(23-21-28)43(44,45)46/h8-25,39,47H,6-7,26H2,1-5H3. The number of hydrogen-bond acceptors (Lipinski definition) is 8. The average Bonchev–Trinajstić information content (AvgIpc) is 3.57. The summed E-state index contributed by atoms with van der Waals surface area (Å²) >= 11 is 0. The molecule has 0 aliphatic carbocycles. The van der Waals surface area contributed by atoms with Gasteiger partial charge < -0.3 is 24.1 Å². The molecule has 286 valence electrons. The zero-order chi connectivity index (χ0) is 39.9. The van der Waals surface area contributed by atoms with E-state index in [1.807, 2.05) is 19.0 Å². The summed E-state index contributed by atoms with van der Waals surface area (Å²) in [6.07, 6.45) is -4.48. The Morgan fingerprint density at radius 1 is 0.727 bits per heavy atom. The number of nitrogens with zero attached hydrogens (tertiary/aromatic N) is 1. The van der Waals surface area contributed by atoms with E-state index in [2.05, 4.69) is 4.98 Å². The van der Waals surface area contributed by atoms with Gasteiger partial charge in [-0.05, 0) is 74.0 Å². The third kappa shape index (κ3) is 8.39. The maximum Gasteiger partial charge on any atom is 0.416 e. The number of hydrogen-bond donors (Lipinski definition) is 1. The van der Waals surface area contributed by atoms with E-state index in [0.29, 0.717) is 40.1 Å². The van der Waals surface area contributed by atoms with Crippen molar-refractivity contribution in [2.45, 2.75) is 45.0 Å². The second-order valence-electron chi connectivity index (χ2n) is 13.0. The Kier molecular flexibility index (Phi) is 12.4. The highest BCUT2D eigenvalue weighted by Crippen LogP contribution is 2.44. The second kappa shape index (κ2) is 17.0. The normalized spacial score (nSPS) is 12.2. The van der Waals surface area contributed by atoms with Crippen LogP contribution < -0.4 is 0 Å². The lowest BCUT2D eigenvalue weighted by atomic mass is 9.72. The van der Waals surface area contributed by atoms with E-state index in [0.717, 1.165) is 12.1 Å². The molecule has 9 nitrogen and oxygen atoms in total. The molecule has 1 N–H and O–H groups in total. The minimum atomic E-state index is -4.51. The molecule has 1 atom stereocenters. The Balaban J connectivity index is 1.67. The van der Waals surface area contributed by atoms with Crippen molar-refractivity contribution < 1.29 is 46.6 Å². The van der Waals surface area contributed by atoms with Crippen molar-refractivity contribution in [3.05, 3.63) is 143 Å². The summed E-state index contributed by atoms with van der Waals surface area (Å²) < 4.78 is 56.8. The number of nitrogens with one attached hydrogen (secondary N) is 1. The highest BCUT2D eigenvalue weighted by molar-refractivity contribution is 6.14. The van der Waals surface area contributed by atoms with Gasteiger partial charge in [-0.15, -0.1) is 0 Å². The SMILES string of the molecule is CCOC(=O)C(C(=O)OCC)(c1ccccc1)C(OC(C)=O)c1cccc(-c2[nH]cc(C(=O)c3ccccc3-c3ccc(C(F)(F)F)cc3)c2CN(C)C)c1. The maximum absolute atomic E-state index is 14.4. The molecule has 1 unspecified atom stereocenters. The minimum absolute atomic E-state index is 0.0746. The molecule has 0 aliphatic heterocycles. The second-order valence-corrected chi connectivity index (χ2v) is 13.0. The molecule has 4 aromatic carbocycles. The fourth-order valence-electron chi connectivity index (χ4n) is 6.62. The van der Waals surface area contributed by atoms with E-state index in [9.17, 15) is 32.3 Å². The molecule has 5 rings (SSSR count). The van der Waals surface area contributed by atoms with Gasteiger partial charge in [0.05, 0.1) is 24.5 Å². The molecule has 1 heterocycles. The van der Waals surface area contributed by atoms with Gasteiger partial charge in [-0.2, -0.15) is 13.2 Å². The average molecular weight is 755 g/mol. The number of aromatic amines is 1. The van der Waals surface area contributed by atoms with Gasteiger partial charge in [0.2, 0.25) is 5.41 Å². The number of halogens is 3. The van der Waals surface area contributed by atoms with Gasteiger partial charge in [0.15, 0.2) is 11.9 Å². The van der Waals surface area contributed by atoms with Crippen molar-refractivity contribution in [3.8, 4) is 22.4 Å². The smallest absolute Gasteiger partial charge is 0.416 e. The van der Waals surface area contributed by atoms with Crippen LogP contribution >= 0.6 is 0 Å². The number of carbonyl (C=O) groups excluding carboxylic acids is 4. The third-order valence-electron chi connectivity index (χ3n) is 8.98. The maximum atomic E-state index is 14.4. The van der Waals surface area contributed by atoms with Crippen molar-refractivity contribution in [2.75, 3.05) is 27.3 Å².